The Bertz CT molecular complexity index is 299. The van der Waals surface area contributed by atoms with Crippen LogP contribution in [0.4, 0.5) is 0 Å². The Morgan fingerprint density at radius 1 is 1.38 bits per heavy atom. The lowest BCUT2D eigenvalue weighted by Crippen LogP contribution is -2.27. The van der Waals surface area contributed by atoms with Gasteiger partial charge in [0.25, 0.3) is 0 Å². The lowest BCUT2D eigenvalue weighted by Gasteiger charge is -2.16. The third-order valence-corrected chi connectivity index (χ3v) is 2.87. The highest BCUT2D eigenvalue weighted by Crippen LogP contribution is 2.09. The number of aryl methyl sites for hydroxylation is 1. The number of hydrogen-bond donors (Lipinski definition) is 1. The minimum absolute atomic E-state index is 0.553. The smallest absolute Gasteiger partial charge is 0.0462 e. The molecule has 1 atom stereocenters. The van der Waals surface area contributed by atoms with Crippen molar-refractivity contribution in [3.8, 4) is 0 Å². The van der Waals surface area contributed by atoms with E-state index in [1.165, 1.54) is 11.1 Å². The first kappa shape index (κ1) is 13.2. The molecule has 0 aromatic heterocycles. The highest BCUT2D eigenvalue weighted by Gasteiger charge is 2.06. The van der Waals surface area contributed by atoms with Crippen molar-refractivity contribution in [1.82, 2.24) is 5.32 Å². The third-order valence-electron chi connectivity index (χ3n) is 2.87. The van der Waals surface area contributed by atoms with Crippen molar-refractivity contribution in [3.05, 3.63) is 35.4 Å². The van der Waals surface area contributed by atoms with Crippen LogP contribution in [0, 0.1) is 6.92 Å². The van der Waals surface area contributed by atoms with Crippen molar-refractivity contribution in [2.24, 2.45) is 0 Å². The lowest BCUT2D eigenvalue weighted by atomic mass is 10.0. The summed E-state index contributed by atoms with van der Waals surface area (Å²) in [5.74, 6) is 0. The molecule has 0 aliphatic rings. The van der Waals surface area contributed by atoms with Crippen molar-refractivity contribution in [2.75, 3.05) is 20.8 Å². The summed E-state index contributed by atoms with van der Waals surface area (Å²) in [6, 6.07) is 9.29. The molecule has 2 heteroatoms. The molecule has 0 saturated carbocycles. The van der Waals surface area contributed by atoms with Crippen LogP contribution < -0.4 is 5.32 Å². The van der Waals surface area contributed by atoms with Crippen LogP contribution in [0.3, 0.4) is 0 Å². The molecule has 90 valence electrons. The molecule has 0 heterocycles. The van der Waals surface area contributed by atoms with Gasteiger partial charge >= 0.3 is 0 Å². The molecular formula is C14H23NO. The number of methoxy groups -OCH3 is 1. The van der Waals surface area contributed by atoms with E-state index in [0.717, 1.165) is 25.9 Å². The van der Waals surface area contributed by atoms with Gasteiger partial charge in [0.2, 0.25) is 0 Å². The molecule has 0 radical (unpaired) electrons. The van der Waals surface area contributed by atoms with E-state index in [2.05, 4.69) is 36.5 Å². The number of rotatable bonds is 7. The maximum absolute atomic E-state index is 5.08. The Morgan fingerprint density at radius 2 is 2.19 bits per heavy atom. The standard InChI is InChI=1S/C14H23NO/c1-12-6-4-7-13(10-12)11-14(15-2)8-5-9-16-3/h4,6-7,10,14-15H,5,8-9,11H2,1-3H3. The molecule has 0 bridgehead atoms. The van der Waals surface area contributed by atoms with E-state index in [4.69, 9.17) is 4.74 Å². The van der Waals surface area contributed by atoms with Gasteiger partial charge in [0.15, 0.2) is 0 Å². The first-order valence-corrected chi connectivity index (χ1v) is 5.98. The van der Waals surface area contributed by atoms with E-state index >= 15 is 0 Å². The molecule has 16 heavy (non-hydrogen) atoms. The zero-order valence-corrected chi connectivity index (χ0v) is 10.6. The molecule has 0 aliphatic heterocycles. The SMILES string of the molecule is CNC(CCCOC)Cc1cccc(C)c1. The first-order chi connectivity index (χ1) is 7.76. The van der Waals surface area contributed by atoms with Crippen LogP contribution in [-0.2, 0) is 11.2 Å². The summed E-state index contributed by atoms with van der Waals surface area (Å²) < 4.78 is 5.08. The van der Waals surface area contributed by atoms with Gasteiger partial charge in [-0.25, -0.2) is 0 Å². The molecule has 1 aromatic carbocycles. The molecule has 1 rings (SSSR count). The van der Waals surface area contributed by atoms with E-state index in [1.807, 2.05) is 7.05 Å². The first-order valence-electron chi connectivity index (χ1n) is 5.98. The topological polar surface area (TPSA) is 21.3 Å². The van der Waals surface area contributed by atoms with Crippen LogP contribution in [0.2, 0.25) is 0 Å². The van der Waals surface area contributed by atoms with E-state index in [0.29, 0.717) is 6.04 Å². The molecule has 2 nitrogen and oxygen atoms in total. The van der Waals surface area contributed by atoms with Crippen molar-refractivity contribution in [2.45, 2.75) is 32.2 Å². The Balaban J connectivity index is 2.43. The Labute approximate surface area is 99.0 Å². The minimum atomic E-state index is 0.553. The van der Waals surface area contributed by atoms with E-state index < -0.39 is 0 Å². The van der Waals surface area contributed by atoms with Gasteiger partial charge < -0.3 is 10.1 Å². The van der Waals surface area contributed by atoms with Crippen molar-refractivity contribution in [1.29, 1.82) is 0 Å². The summed E-state index contributed by atoms with van der Waals surface area (Å²) in [5, 5.41) is 3.37. The summed E-state index contributed by atoms with van der Waals surface area (Å²) in [4.78, 5) is 0. The zero-order chi connectivity index (χ0) is 11.8. The quantitative estimate of drug-likeness (QED) is 0.714. The van der Waals surface area contributed by atoms with Gasteiger partial charge in [-0.3, -0.25) is 0 Å². The molecule has 0 amide bonds. The van der Waals surface area contributed by atoms with Crippen LogP contribution in [0.1, 0.15) is 24.0 Å². The van der Waals surface area contributed by atoms with Gasteiger partial charge in [0, 0.05) is 19.8 Å². The molecule has 0 saturated heterocycles. The second kappa shape index (κ2) is 7.42. The fraction of sp³-hybridized carbons (Fsp3) is 0.571. The van der Waals surface area contributed by atoms with Crippen molar-refractivity contribution >= 4 is 0 Å². The molecule has 1 unspecified atom stereocenters. The Morgan fingerprint density at radius 3 is 2.81 bits per heavy atom. The highest BCUT2D eigenvalue weighted by molar-refractivity contribution is 5.22. The number of nitrogens with one attached hydrogen (secondary N) is 1. The highest BCUT2D eigenvalue weighted by atomic mass is 16.5. The molecule has 0 aliphatic carbocycles. The van der Waals surface area contributed by atoms with E-state index in [-0.39, 0.29) is 0 Å². The van der Waals surface area contributed by atoms with Gasteiger partial charge in [-0.1, -0.05) is 29.8 Å². The maximum atomic E-state index is 5.08. The number of ether oxygens (including phenoxy) is 1. The summed E-state index contributed by atoms with van der Waals surface area (Å²) in [5.41, 5.74) is 2.75. The van der Waals surface area contributed by atoms with Crippen LogP contribution in [0.15, 0.2) is 24.3 Å². The average Bonchev–Trinajstić information content (AvgIpc) is 2.28. The molecule has 1 aromatic rings. The number of hydrogen-bond acceptors (Lipinski definition) is 2. The summed E-state index contributed by atoms with van der Waals surface area (Å²) in [7, 11) is 3.79. The van der Waals surface area contributed by atoms with Crippen LogP contribution >= 0.6 is 0 Å². The van der Waals surface area contributed by atoms with Crippen LogP contribution in [-0.4, -0.2) is 26.8 Å². The van der Waals surface area contributed by atoms with Crippen LogP contribution in [0.25, 0.3) is 0 Å². The van der Waals surface area contributed by atoms with Gasteiger partial charge in [-0.05, 0) is 38.8 Å². The number of likely N-dealkylation sites (N-methyl/N-ethyl adjacent to an activating group) is 1. The van der Waals surface area contributed by atoms with E-state index in [9.17, 15) is 0 Å². The number of benzene rings is 1. The fourth-order valence-corrected chi connectivity index (χ4v) is 1.95. The zero-order valence-electron chi connectivity index (χ0n) is 10.6. The predicted octanol–water partition coefficient (Wildman–Crippen LogP) is 2.55. The van der Waals surface area contributed by atoms with Crippen molar-refractivity contribution in [3.63, 3.8) is 0 Å². The van der Waals surface area contributed by atoms with E-state index in [1.54, 1.807) is 7.11 Å². The second-order valence-corrected chi connectivity index (χ2v) is 4.31. The average molecular weight is 221 g/mol. The van der Waals surface area contributed by atoms with Gasteiger partial charge in [0.1, 0.15) is 0 Å². The lowest BCUT2D eigenvalue weighted by molar-refractivity contribution is 0.189. The monoisotopic (exact) mass is 221 g/mol. The molecule has 0 spiro atoms. The minimum Gasteiger partial charge on any atom is -0.385 e. The Kier molecular flexibility index (Phi) is 6.12. The second-order valence-electron chi connectivity index (χ2n) is 4.31. The normalized spacial score (nSPS) is 12.7. The van der Waals surface area contributed by atoms with Crippen LogP contribution in [0.5, 0.6) is 0 Å². The van der Waals surface area contributed by atoms with Crippen molar-refractivity contribution < 1.29 is 4.74 Å². The predicted molar refractivity (Wildman–Crippen MR) is 68.8 cm³/mol. The maximum Gasteiger partial charge on any atom is 0.0462 e. The third kappa shape index (κ3) is 4.77. The van der Waals surface area contributed by atoms with Gasteiger partial charge in [0.05, 0.1) is 0 Å². The fourth-order valence-electron chi connectivity index (χ4n) is 1.95. The van der Waals surface area contributed by atoms with Gasteiger partial charge in [-0.15, -0.1) is 0 Å². The summed E-state index contributed by atoms with van der Waals surface area (Å²) >= 11 is 0. The molecule has 0 fully saturated rings. The van der Waals surface area contributed by atoms with Gasteiger partial charge in [-0.2, -0.15) is 0 Å². The molecule has 1 N–H and O–H groups in total. The largest absolute Gasteiger partial charge is 0.385 e. The summed E-state index contributed by atoms with van der Waals surface area (Å²) in [6.45, 7) is 2.99. The summed E-state index contributed by atoms with van der Waals surface area (Å²) in [6.07, 6.45) is 3.38. The Hall–Kier alpha value is -0.860. The molecular weight excluding hydrogens is 198 g/mol.